The van der Waals surface area contributed by atoms with Crippen LogP contribution in [0.2, 0.25) is 5.02 Å². The molecule has 0 bridgehead atoms. The Morgan fingerprint density at radius 2 is 1.85 bits per heavy atom. The van der Waals surface area contributed by atoms with Crippen LogP contribution in [0.4, 0.5) is 11.4 Å². The molecule has 0 spiro atoms. The van der Waals surface area contributed by atoms with Crippen molar-refractivity contribution in [2.75, 3.05) is 50.6 Å². The number of benzene rings is 3. The molecule has 0 aliphatic carbocycles. The monoisotopic (exact) mass is 546 g/mol. The van der Waals surface area contributed by atoms with Gasteiger partial charge in [0.1, 0.15) is 5.75 Å². The number of rotatable bonds is 4. The number of piperazine rings is 1. The predicted molar refractivity (Wildman–Crippen MR) is 143 cm³/mol. The van der Waals surface area contributed by atoms with Crippen LogP contribution in [0.15, 0.2) is 53.0 Å². The van der Waals surface area contributed by atoms with Crippen LogP contribution < -0.4 is 20.3 Å². The number of fused-ring (bicyclic) bond motifs is 1. The number of carbonyl (C=O) groups is 1. The lowest BCUT2D eigenvalue weighted by atomic mass is 10.1. The first-order chi connectivity index (χ1) is 15.9. The molecular weight excluding hydrogens is 524 g/mol. The van der Waals surface area contributed by atoms with E-state index in [-0.39, 0.29) is 11.0 Å². The number of ether oxygens (including phenoxy) is 1. The summed E-state index contributed by atoms with van der Waals surface area (Å²) in [6, 6.07) is 15.3. The first-order valence-electron chi connectivity index (χ1n) is 10.5. The average Bonchev–Trinajstić information content (AvgIpc) is 2.80. The van der Waals surface area contributed by atoms with Gasteiger partial charge in [-0.3, -0.25) is 10.1 Å². The summed E-state index contributed by atoms with van der Waals surface area (Å²) in [5, 5.41) is 8.47. The van der Waals surface area contributed by atoms with Crippen molar-refractivity contribution in [3.05, 3.63) is 63.6 Å². The number of thiocarbonyl (C=S) groups is 1. The van der Waals surface area contributed by atoms with E-state index in [1.165, 1.54) is 7.11 Å². The Balaban J connectivity index is 1.47. The number of amides is 1. The lowest BCUT2D eigenvalue weighted by molar-refractivity contribution is 0.0975. The molecule has 0 unspecified atom stereocenters. The lowest BCUT2D eigenvalue weighted by Crippen LogP contribution is -2.44. The van der Waals surface area contributed by atoms with Crippen molar-refractivity contribution in [1.29, 1.82) is 0 Å². The van der Waals surface area contributed by atoms with Crippen molar-refractivity contribution in [2.45, 2.75) is 0 Å². The van der Waals surface area contributed by atoms with Crippen molar-refractivity contribution in [1.82, 2.24) is 10.2 Å². The average molecular weight is 548 g/mol. The van der Waals surface area contributed by atoms with E-state index >= 15 is 0 Å². The van der Waals surface area contributed by atoms with Gasteiger partial charge in [0.2, 0.25) is 0 Å². The van der Waals surface area contributed by atoms with Gasteiger partial charge in [-0.1, -0.05) is 35.9 Å². The zero-order valence-electron chi connectivity index (χ0n) is 18.3. The Labute approximate surface area is 212 Å². The molecule has 1 amide bonds. The largest absolute Gasteiger partial charge is 0.495 e. The predicted octanol–water partition coefficient (Wildman–Crippen LogP) is 5.14. The fraction of sp³-hybridized carbons (Fsp3) is 0.250. The molecule has 0 aromatic heterocycles. The zero-order chi connectivity index (χ0) is 23.5. The van der Waals surface area contributed by atoms with E-state index in [4.69, 9.17) is 28.6 Å². The van der Waals surface area contributed by atoms with Crippen LogP contribution in [-0.2, 0) is 0 Å². The van der Waals surface area contributed by atoms with Gasteiger partial charge in [-0.05, 0) is 70.2 Å². The SMILES string of the molecule is COc1c(C(=O)NC(=S)Nc2ccc(N3CCN(C)CC3)c(Cl)c2)cc2ccccc2c1Br. The Kier molecular flexibility index (Phi) is 7.38. The number of methoxy groups -OCH3 is 1. The Morgan fingerprint density at radius 1 is 1.12 bits per heavy atom. The van der Waals surface area contributed by atoms with Crippen LogP contribution in [0.5, 0.6) is 5.75 Å². The Bertz CT molecular complexity index is 1210. The number of nitrogens with zero attached hydrogens (tertiary/aromatic N) is 2. The first kappa shape index (κ1) is 23.8. The second-order valence-electron chi connectivity index (χ2n) is 7.86. The number of hydrogen-bond acceptors (Lipinski definition) is 5. The van der Waals surface area contributed by atoms with Crippen LogP contribution in [0.25, 0.3) is 10.8 Å². The van der Waals surface area contributed by atoms with E-state index in [0.29, 0.717) is 22.0 Å². The van der Waals surface area contributed by atoms with Crippen molar-refractivity contribution >= 4 is 72.9 Å². The number of nitrogens with one attached hydrogen (secondary N) is 2. The Hall–Kier alpha value is -2.39. The molecule has 9 heteroatoms. The molecule has 6 nitrogen and oxygen atoms in total. The van der Waals surface area contributed by atoms with Crippen molar-refractivity contribution in [2.24, 2.45) is 0 Å². The molecular formula is C24H24BrClN4O2S. The maximum Gasteiger partial charge on any atom is 0.261 e. The van der Waals surface area contributed by atoms with Crippen molar-refractivity contribution < 1.29 is 9.53 Å². The number of anilines is 2. The summed E-state index contributed by atoms with van der Waals surface area (Å²) in [6.07, 6.45) is 0. The fourth-order valence-electron chi connectivity index (χ4n) is 3.87. The van der Waals surface area contributed by atoms with Gasteiger partial charge in [-0.25, -0.2) is 0 Å². The van der Waals surface area contributed by atoms with E-state index in [1.807, 2.05) is 42.5 Å². The summed E-state index contributed by atoms with van der Waals surface area (Å²) in [5.74, 6) is 0.0875. The fourth-order valence-corrected chi connectivity index (χ4v) is 5.12. The highest BCUT2D eigenvalue weighted by Crippen LogP contribution is 2.36. The smallest absolute Gasteiger partial charge is 0.261 e. The number of likely N-dealkylation sites (N-methyl/N-ethyl adjacent to an activating group) is 1. The molecule has 0 atom stereocenters. The molecule has 3 aromatic rings. The molecule has 1 heterocycles. The van der Waals surface area contributed by atoms with Gasteiger partial charge in [0.25, 0.3) is 5.91 Å². The molecule has 0 saturated carbocycles. The third-order valence-corrected chi connectivity index (χ3v) is 6.96. The summed E-state index contributed by atoms with van der Waals surface area (Å²) in [7, 11) is 3.65. The minimum absolute atomic E-state index is 0.176. The number of hydrogen-bond donors (Lipinski definition) is 2. The zero-order valence-corrected chi connectivity index (χ0v) is 21.5. The third kappa shape index (κ3) is 5.24. The Morgan fingerprint density at radius 3 is 2.55 bits per heavy atom. The normalized spacial score (nSPS) is 14.2. The molecule has 1 fully saturated rings. The van der Waals surface area contributed by atoms with Crippen LogP contribution in [0, 0.1) is 0 Å². The molecule has 0 radical (unpaired) electrons. The van der Waals surface area contributed by atoms with E-state index in [2.05, 4.69) is 43.4 Å². The van der Waals surface area contributed by atoms with Gasteiger partial charge in [0.15, 0.2) is 5.11 Å². The molecule has 3 aromatic carbocycles. The van der Waals surface area contributed by atoms with Crippen molar-refractivity contribution in [3.8, 4) is 5.75 Å². The maximum atomic E-state index is 13.0. The summed E-state index contributed by atoms with van der Waals surface area (Å²) < 4.78 is 6.22. The number of halogens is 2. The standard InChI is InChI=1S/C24H24BrClN4O2S/c1-29-9-11-30(12-10-29)20-8-7-16(14-19(20)26)27-24(33)28-23(31)18-13-15-5-3-4-6-17(15)21(25)22(18)32-2/h3-8,13-14H,9-12H2,1-2H3,(H2,27,28,31,33). The van der Waals surface area contributed by atoms with E-state index < -0.39 is 0 Å². The van der Waals surface area contributed by atoms with Gasteiger partial charge in [0.05, 0.1) is 27.9 Å². The number of carbonyl (C=O) groups excluding carboxylic acids is 1. The van der Waals surface area contributed by atoms with Crippen molar-refractivity contribution in [3.63, 3.8) is 0 Å². The van der Waals surface area contributed by atoms with Gasteiger partial charge in [-0.15, -0.1) is 0 Å². The summed E-state index contributed by atoms with van der Waals surface area (Å²) >= 11 is 15.5. The first-order valence-corrected chi connectivity index (χ1v) is 12.1. The van der Waals surface area contributed by atoms with E-state index in [0.717, 1.165) is 47.1 Å². The summed E-state index contributed by atoms with van der Waals surface area (Å²) in [5.41, 5.74) is 2.08. The molecule has 2 N–H and O–H groups in total. The van der Waals surface area contributed by atoms with Crippen LogP contribution in [0.1, 0.15) is 10.4 Å². The minimum atomic E-state index is -0.365. The molecule has 33 heavy (non-hydrogen) atoms. The summed E-state index contributed by atoms with van der Waals surface area (Å²) in [6.45, 7) is 3.86. The third-order valence-electron chi connectivity index (χ3n) is 5.67. The van der Waals surface area contributed by atoms with Crippen LogP contribution >= 0.6 is 39.7 Å². The van der Waals surface area contributed by atoms with E-state index in [9.17, 15) is 4.79 Å². The second kappa shape index (κ2) is 10.3. The van der Waals surface area contributed by atoms with Crippen LogP contribution in [-0.4, -0.2) is 56.3 Å². The lowest BCUT2D eigenvalue weighted by Gasteiger charge is -2.34. The van der Waals surface area contributed by atoms with E-state index in [1.54, 1.807) is 6.07 Å². The quantitative estimate of drug-likeness (QED) is 0.441. The minimum Gasteiger partial charge on any atom is -0.495 e. The molecule has 1 saturated heterocycles. The molecule has 1 aliphatic heterocycles. The molecule has 1 aliphatic rings. The second-order valence-corrected chi connectivity index (χ2v) is 9.47. The van der Waals surface area contributed by atoms with Gasteiger partial charge in [-0.2, -0.15) is 0 Å². The highest BCUT2D eigenvalue weighted by Gasteiger charge is 2.20. The van der Waals surface area contributed by atoms with Crippen LogP contribution in [0.3, 0.4) is 0 Å². The molecule has 4 rings (SSSR count). The summed E-state index contributed by atoms with van der Waals surface area (Å²) in [4.78, 5) is 17.6. The highest BCUT2D eigenvalue weighted by atomic mass is 79.9. The molecule has 172 valence electrons. The van der Waals surface area contributed by atoms with Gasteiger partial charge >= 0.3 is 0 Å². The van der Waals surface area contributed by atoms with Gasteiger partial charge in [0, 0.05) is 31.9 Å². The maximum absolute atomic E-state index is 13.0. The topological polar surface area (TPSA) is 56.8 Å². The highest BCUT2D eigenvalue weighted by molar-refractivity contribution is 9.10. The van der Waals surface area contributed by atoms with Gasteiger partial charge < -0.3 is 19.9 Å².